The SMILES string of the molecule is C[C@H]1[C@H](NC(=O)C(=NOCC(=O)O)c2csc(N)n2)C(=O)N1[P+](=O)CO. The highest BCUT2D eigenvalue weighted by molar-refractivity contribution is 7.42. The molecule has 1 fully saturated rings. The van der Waals surface area contributed by atoms with Crippen molar-refractivity contribution in [3.8, 4) is 0 Å². The standard InChI is InChI=1S/C12H14N5O7PS/c1-5-8(11(22)17(5)25(23)4-18)15-10(21)9(16-24-2-7(19)20)6-3-26-12(13)14-6/h3,5,8,18H,2,4H2,1H3,(H3-,13,14,15,19,20,21)/p+1/t5-,8-/m0/s1. The molecule has 1 aliphatic rings. The molecule has 1 aromatic heterocycles. The third-order valence-electron chi connectivity index (χ3n) is 3.33. The molecule has 1 aromatic rings. The van der Waals surface area contributed by atoms with Crippen LogP contribution in [-0.2, 0) is 23.8 Å². The average molecular weight is 404 g/mol. The number of nitrogens with two attached hydrogens (primary N) is 1. The molecule has 14 heteroatoms. The van der Waals surface area contributed by atoms with Gasteiger partial charge in [-0.15, -0.1) is 16.0 Å². The van der Waals surface area contributed by atoms with E-state index >= 15 is 0 Å². The lowest BCUT2D eigenvalue weighted by Gasteiger charge is -2.37. The Balaban J connectivity index is 2.13. The van der Waals surface area contributed by atoms with E-state index in [-0.39, 0.29) is 16.5 Å². The van der Waals surface area contributed by atoms with Gasteiger partial charge in [0, 0.05) is 5.38 Å². The number of β-lactam (4-membered cyclic amide) rings is 1. The molecule has 12 nitrogen and oxygen atoms in total. The van der Waals surface area contributed by atoms with Gasteiger partial charge in [0.2, 0.25) is 6.61 Å². The van der Waals surface area contributed by atoms with Crippen molar-refractivity contribution in [1.29, 1.82) is 0 Å². The molecule has 0 aliphatic carbocycles. The lowest BCUT2D eigenvalue weighted by atomic mass is 10.0. The summed E-state index contributed by atoms with van der Waals surface area (Å²) in [5.41, 5.74) is 5.20. The van der Waals surface area contributed by atoms with Gasteiger partial charge in [-0.25, -0.2) is 9.78 Å². The summed E-state index contributed by atoms with van der Waals surface area (Å²) in [4.78, 5) is 43.4. The van der Waals surface area contributed by atoms with Crippen LogP contribution in [0.25, 0.3) is 0 Å². The summed E-state index contributed by atoms with van der Waals surface area (Å²) in [7, 11) is -2.27. The number of oxime groups is 1. The predicted molar refractivity (Wildman–Crippen MR) is 89.6 cm³/mol. The van der Waals surface area contributed by atoms with Crippen LogP contribution < -0.4 is 11.1 Å². The molecule has 3 atom stereocenters. The molecule has 26 heavy (non-hydrogen) atoms. The third kappa shape index (κ3) is 4.12. The minimum Gasteiger partial charge on any atom is -0.479 e. The third-order valence-corrected chi connectivity index (χ3v) is 5.29. The van der Waals surface area contributed by atoms with Crippen LogP contribution in [0.2, 0.25) is 0 Å². The van der Waals surface area contributed by atoms with Crippen molar-refractivity contribution in [3.63, 3.8) is 0 Å². The van der Waals surface area contributed by atoms with Crippen LogP contribution >= 0.6 is 19.3 Å². The summed E-state index contributed by atoms with van der Waals surface area (Å²) in [6.45, 7) is 0.772. The maximum Gasteiger partial charge on any atom is 0.493 e. The molecule has 0 saturated carbocycles. The van der Waals surface area contributed by atoms with Gasteiger partial charge < -0.3 is 26.1 Å². The van der Waals surface area contributed by atoms with Crippen LogP contribution in [0.15, 0.2) is 10.5 Å². The van der Waals surface area contributed by atoms with Crippen LogP contribution in [0.4, 0.5) is 5.13 Å². The Labute approximate surface area is 151 Å². The number of aromatic nitrogens is 1. The monoisotopic (exact) mass is 404 g/mol. The van der Waals surface area contributed by atoms with Crippen LogP contribution in [-0.4, -0.2) is 68.4 Å². The molecule has 140 valence electrons. The molecule has 1 aliphatic heterocycles. The van der Waals surface area contributed by atoms with Gasteiger partial charge in [0.15, 0.2) is 10.8 Å². The van der Waals surface area contributed by atoms with Gasteiger partial charge in [-0.2, -0.15) is 0 Å². The van der Waals surface area contributed by atoms with Gasteiger partial charge in [-0.05, 0) is 11.5 Å². The first-order valence-corrected chi connectivity index (χ1v) is 9.36. The van der Waals surface area contributed by atoms with Crippen molar-refractivity contribution < 1.29 is 34.0 Å². The fourth-order valence-electron chi connectivity index (χ4n) is 2.13. The van der Waals surface area contributed by atoms with Crippen LogP contribution in [0, 0.1) is 0 Å². The summed E-state index contributed by atoms with van der Waals surface area (Å²) in [5, 5.41) is 24.9. The van der Waals surface area contributed by atoms with Gasteiger partial charge in [0.05, 0.1) is 0 Å². The molecule has 5 N–H and O–H groups in total. The molecule has 0 spiro atoms. The van der Waals surface area contributed by atoms with Gasteiger partial charge >= 0.3 is 13.9 Å². The van der Waals surface area contributed by atoms with Gasteiger partial charge in [-0.3, -0.25) is 9.59 Å². The summed E-state index contributed by atoms with van der Waals surface area (Å²) in [5.74, 6) is -2.76. The number of hydrogen-bond donors (Lipinski definition) is 4. The zero-order valence-electron chi connectivity index (χ0n) is 13.4. The number of anilines is 1. The number of nitrogen functional groups attached to an aromatic ring is 1. The molecule has 1 unspecified atom stereocenters. The van der Waals surface area contributed by atoms with E-state index in [1.165, 1.54) is 5.38 Å². The van der Waals surface area contributed by atoms with E-state index in [2.05, 4.69) is 20.3 Å². The number of carbonyl (C=O) groups is 3. The normalized spacial score (nSPS) is 20.4. The number of aliphatic carboxylic acids is 1. The molecular weight excluding hydrogens is 389 g/mol. The van der Waals surface area contributed by atoms with Gasteiger partial charge in [0.1, 0.15) is 17.8 Å². The van der Waals surface area contributed by atoms with E-state index in [1.54, 1.807) is 6.92 Å². The first-order chi connectivity index (χ1) is 12.3. The molecular formula is C12H15N5O7PS+. The zero-order valence-corrected chi connectivity index (χ0v) is 15.1. The van der Waals surface area contributed by atoms with E-state index < -0.39 is 50.8 Å². The van der Waals surface area contributed by atoms with E-state index in [4.69, 9.17) is 15.9 Å². The van der Waals surface area contributed by atoms with Crippen molar-refractivity contribution in [3.05, 3.63) is 11.1 Å². The molecule has 0 aromatic carbocycles. The minimum atomic E-state index is -2.27. The predicted octanol–water partition coefficient (Wildman–Crippen LogP) is -1.06. The molecule has 0 radical (unpaired) electrons. The zero-order chi connectivity index (χ0) is 19.4. The van der Waals surface area contributed by atoms with Crippen molar-refractivity contribution in [2.75, 3.05) is 18.7 Å². The molecule has 2 amide bonds. The lowest BCUT2D eigenvalue weighted by molar-refractivity contribution is -0.143. The van der Waals surface area contributed by atoms with Crippen molar-refractivity contribution in [2.24, 2.45) is 5.16 Å². The fourth-order valence-corrected chi connectivity index (χ4v) is 3.70. The van der Waals surface area contributed by atoms with E-state index in [0.29, 0.717) is 0 Å². The largest absolute Gasteiger partial charge is 0.493 e. The Hall–Kier alpha value is -2.63. The highest BCUT2D eigenvalue weighted by atomic mass is 32.1. The minimum absolute atomic E-state index is 0.0492. The smallest absolute Gasteiger partial charge is 0.479 e. The quantitative estimate of drug-likeness (QED) is 0.181. The lowest BCUT2D eigenvalue weighted by Crippen LogP contribution is -2.67. The number of aliphatic hydroxyl groups excluding tert-OH is 1. The van der Waals surface area contributed by atoms with Gasteiger partial charge in [-0.1, -0.05) is 5.16 Å². The Bertz CT molecular complexity index is 782. The van der Waals surface area contributed by atoms with Gasteiger partial charge in [0.25, 0.3) is 18.2 Å². The number of carboxylic acid groups (broad SMARTS) is 1. The molecule has 0 bridgehead atoms. The summed E-state index contributed by atoms with van der Waals surface area (Å²) in [6.07, 6.45) is -0.681. The number of carbonyl (C=O) groups excluding carboxylic acids is 2. The second-order valence-electron chi connectivity index (χ2n) is 5.05. The highest BCUT2D eigenvalue weighted by Gasteiger charge is 2.55. The highest BCUT2D eigenvalue weighted by Crippen LogP contribution is 2.37. The summed E-state index contributed by atoms with van der Waals surface area (Å²) < 4.78 is 12.5. The second-order valence-corrected chi connectivity index (χ2v) is 7.35. The number of rotatable bonds is 8. The van der Waals surface area contributed by atoms with Crippen molar-refractivity contribution in [2.45, 2.75) is 19.0 Å². The Morgan fingerprint density at radius 3 is 2.77 bits per heavy atom. The van der Waals surface area contributed by atoms with Crippen LogP contribution in [0.3, 0.4) is 0 Å². The topological polar surface area (TPSA) is 185 Å². The van der Waals surface area contributed by atoms with Crippen LogP contribution in [0.1, 0.15) is 12.6 Å². The number of aliphatic hydroxyl groups is 1. The molecule has 1 saturated heterocycles. The Kier molecular flexibility index (Phi) is 6.18. The van der Waals surface area contributed by atoms with E-state index in [9.17, 15) is 18.9 Å². The molecule has 2 rings (SSSR count). The van der Waals surface area contributed by atoms with Crippen LogP contribution in [0.5, 0.6) is 0 Å². The summed E-state index contributed by atoms with van der Waals surface area (Å²) in [6, 6.07) is -1.59. The maximum absolute atomic E-state index is 12.4. The molecule has 2 heterocycles. The number of hydrogen-bond acceptors (Lipinski definition) is 10. The number of carboxylic acids is 1. The fraction of sp³-hybridized carbons (Fsp3) is 0.417. The van der Waals surface area contributed by atoms with Crippen molar-refractivity contribution in [1.82, 2.24) is 15.0 Å². The Morgan fingerprint density at radius 1 is 1.58 bits per heavy atom. The number of nitrogens with zero attached hydrogens (tertiary/aromatic N) is 3. The van der Waals surface area contributed by atoms with E-state index in [1.807, 2.05) is 0 Å². The number of thiazole rings is 1. The maximum atomic E-state index is 12.4. The summed E-state index contributed by atoms with van der Waals surface area (Å²) >= 11 is 1.03. The Morgan fingerprint density at radius 2 is 2.27 bits per heavy atom. The van der Waals surface area contributed by atoms with E-state index in [0.717, 1.165) is 16.0 Å². The first-order valence-electron chi connectivity index (χ1n) is 7.08. The second kappa shape index (κ2) is 8.17. The van der Waals surface area contributed by atoms with Crippen molar-refractivity contribution >= 4 is 47.9 Å². The first kappa shape index (κ1) is 19.7. The number of amides is 2. The average Bonchev–Trinajstić information content (AvgIpc) is 3.02. The number of nitrogens with one attached hydrogen (secondary N) is 1.